The van der Waals surface area contributed by atoms with Crippen LogP contribution in [0.25, 0.3) is 0 Å². The molecule has 1 nitrogen and oxygen atoms in total. The van der Waals surface area contributed by atoms with Crippen molar-refractivity contribution in [3.05, 3.63) is 65.2 Å². The number of hydrogen-bond donors (Lipinski definition) is 0. The van der Waals surface area contributed by atoms with E-state index in [1.54, 1.807) is 0 Å². The maximum absolute atomic E-state index is 6.20. The van der Waals surface area contributed by atoms with E-state index in [4.69, 9.17) is 4.74 Å². The third-order valence-electron chi connectivity index (χ3n) is 4.18. The van der Waals surface area contributed by atoms with E-state index in [0.717, 1.165) is 12.2 Å². The molecule has 0 N–H and O–H groups in total. The van der Waals surface area contributed by atoms with Crippen molar-refractivity contribution in [1.82, 2.24) is 0 Å². The summed E-state index contributed by atoms with van der Waals surface area (Å²) in [5.41, 5.74) is 3.51. The number of rotatable bonds is 5. The van der Waals surface area contributed by atoms with Crippen LogP contribution in [0.15, 0.2) is 48.5 Å². The summed E-state index contributed by atoms with van der Waals surface area (Å²) < 4.78 is 6.20. The number of benzene rings is 2. The largest absolute Gasteiger partial charge is 0.483 e. The van der Waals surface area contributed by atoms with E-state index in [0.29, 0.717) is 5.92 Å². The van der Waals surface area contributed by atoms with Crippen LogP contribution < -0.4 is 4.74 Å². The number of ether oxygens (including phenoxy) is 1. The van der Waals surface area contributed by atoms with Crippen molar-refractivity contribution < 1.29 is 4.74 Å². The fraction of sp³-hybridized carbons (Fsp3) is 0.400. The molecule has 0 radical (unpaired) electrons. The molecule has 0 bridgehead atoms. The molecule has 1 heteroatoms. The average molecular weight is 282 g/mol. The Morgan fingerprint density at radius 1 is 0.952 bits per heavy atom. The summed E-state index contributed by atoms with van der Waals surface area (Å²) in [6.07, 6.45) is 1.16. The first-order chi connectivity index (χ1) is 9.92. The van der Waals surface area contributed by atoms with E-state index in [-0.39, 0.29) is 5.60 Å². The van der Waals surface area contributed by atoms with Gasteiger partial charge in [0.1, 0.15) is 11.4 Å². The monoisotopic (exact) mass is 282 g/mol. The second-order valence-electron chi connectivity index (χ2n) is 6.36. The summed E-state index contributed by atoms with van der Waals surface area (Å²) in [7, 11) is 0. The van der Waals surface area contributed by atoms with Gasteiger partial charge >= 0.3 is 0 Å². The molecule has 0 amide bonds. The van der Waals surface area contributed by atoms with Crippen LogP contribution in [-0.2, 0) is 5.60 Å². The fourth-order valence-electron chi connectivity index (χ4n) is 2.41. The molecule has 0 aliphatic heterocycles. The SMILES string of the molecule is CCC(C)c1ccc(OC(C)(C)c2ccc(C)cc2)cc1. The van der Waals surface area contributed by atoms with Gasteiger partial charge in [-0.25, -0.2) is 0 Å². The fourth-order valence-corrected chi connectivity index (χ4v) is 2.41. The highest BCUT2D eigenvalue weighted by molar-refractivity contribution is 5.32. The molecule has 0 spiro atoms. The van der Waals surface area contributed by atoms with Gasteiger partial charge < -0.3 is 4.74 Å². The molecule has 0 saturated heterocycles. The zero-order valence-electron chi connectivity index (χ0n) is 13.8. The zero-order valence-corrected chi connectivity index (χ0v) is 13.8. The van der Waals surface area contributed by atoms with Crippen LogP contribution in [0.1, 0.15) is 56.7 Å². The number of aryl methyl sites for hydroxylation is 1. The van der Waals surface area contributed by atoms with Crippen molar-refractivity contribution in [1.29, 1.82) is 0 Å². The van der Waals surface area contributed by atoms with E-state index in [9.17, 15) is 0 Å². The van der Waals surface area contributed by atoms with E-state index in [2.05, 4.69) is 83.1 Å². The Hall–Kier alpha value is -1.76. The van der Waals surface area contributed by atoms with Gasteiger partial charge in [0.2, 0.25) is 0 Å². The first-order valence-electron chi connectivity index (χ1n) is 7.78. The zero-order chi connectivity index (χ0) is 15.5. The Balaban J connectivity index is 2.14. The molecule has 21 heavy (non-hydrogen) atoms. The highest BCUT2D eigenvalue weighted by Gasteiger charge is 2.22. The summed E-state index contributed by atoms with van der Waals surface area (Å²) in [5, 5.41) is 0. The van der Waals surface area contributed by atoms with Crippen molar-refractivity contribution in [3.63, 3.8) is 0 Å². The molecular formula is C20H26O. The minimum absolute atomic E-state index is 0.328. The molecule has 112 valence electrons. The van der Waals surface area contributed by atoms with E-state index in [1.165, 1.54) is 16.7 Å². The lowest BCUT2D eigenvalue weighted by Gasteiger charge is -2.27. The number of hydrogen-bond acceptors (Lipinski definition) is 1. The molecule has 1 unspecified atom stereocenters. The maximum atomic E-state index is 6.20. The van der Waals surface area contributed by atoms with E-state index >= 15 is 0 Å². The van der Waals surface area contributed by atoms with Gasteiger partial charge in [-0.3, -0.25) is 0 Å². The second kappa shape index (κ2) is 6.34. The molecule has 0 heterocycles. The van der Waals surface area contributed by atoms with E-state index < -0.39 is 0 Å². The van der Waals surface area contributed by atoms with Crippen LogP contribution in [0.3, 0.4) is 0 Å². The molecule has 2 rings (SSSR count). The lowest BCUT2D eigenvalue weighted by atomic mass is 9.96. The van der Waals surface area contributed by atoms with Crippen LogP contribution in [0, 0.1) is 6.92 Å². The lowest BCUT2D eigenvalue weighted by molar-refractivity contribution is 0.109. The Bertz CT molecular complexity index is 564. The Kier molecular flexibility index (Phi) is 4.72. The van der Waals surface area contributed by atoms with Gasteiger partial charge in [-0.05, 0) is 56.4 Å². The van der Waals surface area contributed by atoms with Crippen molar-refractivity contribution in [3.8, 4) is 5.75 Å². The molecule has 2 aromatic rings. The summed E-state index contributed by atoms with van der Waals surface area (Å²) in [6, 6.07) is 17.1. The van der Waals surface area contributed by atoms with Gasteiger partial charge in [-0.2, -0.15) is 0 Å². The van der Waals surface area contributed by atoms with Crippen LogP contribution >= 0.6 is 0 Å². The molecule has 0 saturated carbocycles. The third-order valence-corrected chi connectivity index (χ3v) is 4.18. The highest BCUT2D eigenvalue weighted by atomic mass is 16.5. The Morgan fingerprint density at radius 2 is 1.52 bits per heavy atom. The standard InChI is InChI=1S/C20H26O/c1-6-16(3)17-9-13-19(14-10-17)21-20(4,5)18-11-7-15(2)8-12-18/h7-14,16H,6H2,1-5H3. The molecule has 1 atom stereocenters. The minimum Gasteiger partial charge on any atom is -0.483 e. The average Bonchev–Trinajstić information content (AvgIpc) is 2.47. The summed E-state index contributed by atoms with van der Waals surface area (Å²) in [6.45, 7) is 10.8. The van der Waals surface area contributed by atoms with Crippen molar-refractivity contribution in [2.75, 3.05) is 0 Å². The summed E-state index contributed by atoms with van der Waals surface area (Å²) in [4.78, 5) is 0. The first-order valence-corrected chi connectivity index (χ1v) is 7.78. The molecular weight excluding hydrogens is 256 g/mol. The highest BCUT2D eigenvalue weighted by Crippen LogP contribution is 2.29. The minimum atomic E-state index is -0.328. The quantitative estimate of drug-likeness (QED) is 0.671. The Morgan fingerprint density at radius 3 is 2.05 bits per heavy atom. The van der Waals surface area contributed by atoms with Gasteiger partial charge in [0.15, 0.2) is 0 Å². The van der Waals surface area contributed by atoms with Gasteiger partial charge in [-0.1, -0.05) is 55.8 Å². The van der Waals surface area contributed by atoms with Crippen molar-refractivity contribution in [2.24, 2.45) is 0 Å². The van der Waals surface area contributed by atoms with Crippen molar-refractivity contribution >= 4 is 0 Å². The van der Waals surface area contributed by atoms with E-state index in [1.807, 2.05) is 0 Å². The predicted molar refractivity (Wildman–Crippen MR) is 90.0 cm³/mol. The molecule has 2 aromatic carbocycles. The third kappa shape index (κ3) is 3.87. The van der Waals surface area contributed by atoms with Crippen LogP contribution in [0.4, 0.5) is 0 Å². The van der Waals surface area contributed by atoms with Crippen LogP contribution in [0.5, 0.6) is 5.75 Å². The Labute approximate surface area is 129 Å². The predicted octanol–water partition coefficient (Wildman–Crippen LogP) is 5.82. The first kappa shape index (κ1) is 15.6. The second-order valence-corrected chi connectivity index (χ2v) is 6.36. The van der Waals surface area contributed by atoms with Gasteiger partial charge in [0, 0.05) is 0 Å². The van der Waals surface area contributed by atoms with Gasteiger partial charge in [0.25, 0.3) is 0 Å². The molecule has 0 aromatic heterocycles. The molecule has 0 fully saturated rings. The summed E-state index contributed by atoms with van der Waals surface area (Å²) in [5.74, 6) is 1.52. The van der Waals surface area contributed by atoms with Crippen molar-refractivity contribution in [2.45, 2.75) is 52.6 Å². The van der Waals surface area contributed by atoms with Gasteiger partial charge in [-0.15, -0.1) is 0 Å². The maximum Gasteiger partial charge on any atom is 0.128 e. The van der Waals surface area contributed by atoms with Crippen LogP contribution in [0.2, 0.25) is 0 Å². The normalized spacial score (nSPS) is 13.0. The topological polar surface area (TPSA) is 9.23 Å². The summed E-state index contributed by atoms with van der Waals surface area (Å²) >= 11 is 0. The lowest BCUT2D eigenvalue weighted by Crippen LogP contribution is -2.25. The smallest absolute Gasteiger partial charge is 0.128 e. The molecule has 0 aliphatic carbocycles. The van der Waals surface area contributed by atoms with Gasteiger partial charge in [0.05, 0.1) is 0 Å². The van der Waals surface area contributed by atoms with Crippen LogP contribution in [-0.4, -0.2) is 0 Å². The molecule has 0 aliphatic rings.